The number of hydrogen-bond donors (Lipinski definition) is 1. The van der Waals surface area contributed by atoms with Gasteiger partial charge in [0.25, 0.3) is 0 Å². The van der Waals surface area contributed by atoms with Crippen molar-refractivity contribution in [3.63, 3.8) is 0 Å². The summed E-state index contributed by atoms with van der Waals surface area (Å²) in [5, 5.41) is 2.91. The predicted molar refractivity (Wildman–Crippen MR) is 85.6 cm³/mol. The molecule has 0 fully saturated rings. The summed E-state index contributed by atoms with van der Waals surface area (Å²) in [6, 6.07) is 13.4. The minimum absolute atomic E-state index is 0.0382. The molecule has 2 aromatic carbocycles. The predicted octanol–water partition coefficient (Wildman–Crippen LogP) is 3.34. The summed E-state index contributed by atoms with van der Waals surface area (Å²) >= 11 is 0. The lowest BCUT2D eigenvalue weighted by atomic mass is 10.1. The van der Waals surface area contributed by atoms with Gasteiger partial charge >= 0.3 is 0 Å². The lowest BCUT2D eigenvalue weighted by molar-refractivity contribution is -0.115. The molecule has 114 valence electrons. The van der Waals surface area contributed by atoms with Gasteiger partial charge in [-0.15, -0.1) is 0 Å². The van der Waals surface area contributed by atoms with Crippen LogP contribution in [0.1, 0.15) is 17.5 Å². The van der Waals surface area contributed by atoms with E-state index in [9.17, 15) is 4.79 Å². The number of rotatable bonds is 3. The van der Waals surface area contributed by atoms with Crippen LogP contribution in [0, 0.1) is 6.92 Å². The number of fused-ring (bicyclic) bond motifs is 1. The van der Waals surface area contributed by atoms with E-state index in [1.54, 1.807) is 0 Å². The van der Waals surface area contributed by atoms with Gasteiger partial charge < -0.3 is 14.8 Å². The highest BCUT2D eigenvalue weighted by Crippen LogP contribution is 2.32. The van der Waals surface area contributed by atoms with Crippen LogP contribution in [0.2, 0.25) is 0 Å². The molecule has 0 aliphatic carbocycles. The van der Waals surface area contributed by atoms with Gasteiger partial charge in [-0.1, -0.05) is 24.3 Å². The Morgan fingerprint density at radius 2 is 1.86 bits per heavy atom. The minimum Gasteiger partial charge on any atom is -0.490 e. The molecule has 1 aliphatic rings. The first-order chi connectivity index (χ1) is 10.7. The first-order valence-electron chi connectivity index (χ1n) is 7.46. The van der Waals surface area contributed by atoms with Crippen LogP contribution >= 0.6 is 0 Å². The summed E-state index contributed by atoms with van der Waals surface area (Å²) in [6.45, 7) is 3.30. The maximum Gasteiger partial charge on any atom is 0.228 e. The van der Waals surface area contributed by atoms with E-state index in [1.807, 2.05) is 49.4 Å². The molecular formula is C18H19NO3. The Balaban J connectivity index is 1.69. The molecule has 1 heterocycles. The average Bonchev–Trinajstić information content (AvgIpc) is 2.74. The topological polar surface area (TPSA) is 47.6 Å². The number of carbonyl (C=O) groups excluding carboxylic acids is 1. The number of benzene rings is 2. The van der Waals surface area contributed by atoms with E-state index in [0.717, 1.165) is 29.0 Å². The normalized spacial score (nSPS) is 13.3. The van der Waals surface area contributed by atoms with Crippen LogP contribution in [0.4, 0.5) is 5.69 Å². The molecular weight excluding hydrogens is 278 g/mol. The molecule has 4 nitrogen and oxygen atoms in total. The number of nitrogens with one attached hydrogen (secondary N) is 1. The molecule has 0 atom stereocenters. The third-order valence-electron chi connectivity index (χ3n) is 3.64. The summed E-state index contributed by atoms with van der Waals surface area (Å²) in [4.78, 5) is 12.2. The second-order valence-corrected chi connectivity index (χ2v) is 5.36. The molecule has 0 saturated heterocycles. The van der Waals surface area contributed by atoms with Gasteiger partial charge in [-0.2, -0.15) is 0 Å². The van der Waals surface area contributed by atoms with Crippen molar-refractivity contribution < 1.29 is 14.3 Å². The zero-order chi connectivity index (χ0) is 15.4. The molecule has 4 heteroatoms. The maximum absolute atomic E-state index is 12.2. The van der Waals surface area contributed by atoms with Gasteiger partial charge in [0.2, 0.25) is 5.91 Å². The molecule has 0 bridgehead atoms. The molecule has 3 rings (SSSR count). The van der Waals surface area contributed by atoms with Crippen molar-refractivity contribution in [1.82, 2.24) is 0 Å². The SMILES string of the molecule is Cc1ccccc1CC(=O)Nc1ccc2c(c1)OCCCO2. The van der Waals surface area contributed by atoms with Gasteiger partial charge in [0.15, 0.2) is 11.5 Å². The molecule has 22 heavy (non-hydrogen) atoms. The van der Waals surface area contributed by atoms with E-state index in [-0.39, 0.29) is 5.91 Å². The van der Waals surface area contributed by atoms with Crippen molar-refractivity contribution in [2.75, 3.05) is 18.5 Å². The van der Waals surface area contributed by atoms with E-state index in [2.05, 4.69) is 5.32 Å². The molecule has 0 aromatic heterocycles. The smallest absolute Gasteiger partial charge is 0.228 e. The number of aryl methyl sites for hydroxylation is 1. The number of amides is 1. The van der Waals surface area contributed by atoms with Gasteiger partial charge in [0, 0.05) is 18.2 Å². The fraction of sp³-hybridized carbons (Fsp3) is 0.278. The third-order valence-corrected chi connectivity index (χ3v) is 3.64. The highest BCUT2D eigenvalue weighted by Gasteiger charge is 2.12. The Morgan fingerprint density at radius 3 is 2.68 bits per heavy atom. The molecule has 0 saturated carbocycles. The maximum atomic E-state index is 12.2. The Bertz CT molecular complexity index is 682. The minimum atomic E-state index is -0.0382. The summed E-state index contributed by atoms with van der Waals surface area (Å²) in [7, 11) is 0. The fourth-order valence-electron chi connectivity index (χ4n) is 2.43. The lowest BCUT2D eigenvalue weighted by Crippen LogP contribution is -2.15. The van der Waals surface area contributed by atoms with Crippen molar-refractivity contribution in [3.05, 3.63) is 53.6 Å². The standard InChI is InChI=1S/C18H19NO3/c1-13-5-2-3-6-14(13)11-18(20)19-15-7-8-16-17(12-15)22-10-4-9-21-16/h2-3,5-8,12H,4,9-11H2,1H3,(H,19,20). The zero-order valence-corrected chi connectivity index (χ0v) is 12.6. The van der Waals surface area contributed by atoms with Crippen LogP contribution in [0.5, 0.6) is 11.5 Å². The highest BCUT2D eigenvalue weighted by molar-refractivity contribution is 5.92. The first kappa shape index (κ1) is 14.4. The largest absolute Gasteiger partial charge is 0.490 e. The van der Waals surface area contributed by atoms with Crippen molar-refractivity contribution in [1.29, 1.82) is 0 Å². The van der Waals surface area contributed by atoms with Gasteiger partial charge in [-0.3, -0.25) is 4.79 Å². The third kappa shape index (κ3) is 3.39. The van der Waals surface area contributed by atoms with Crippen LogP contribution in [0.3, 0.4) is 0 Å². The van der Waals surface area contributed by atoms with E-state index in [1.165, 1.54) is 0 Å². The van der Waals surface area contributed by atoms with Crippen LogP contribution in [-0.4, -0.2) is 19.1 Å². The fourth-order valence-corrected chi connectivity index (χ4v) is 2.43. The Morgan fingerprint density at radius 1 is 1.09 bits per heavy atom. The zero-order valence-electron chi connectivity index (χ0n) is 12.6. The molecule has 1 N–H and O–H groups in total. The van der Waals surface area contributed by atoms with Crippen molar-refractivity contribution in [2.45, 2.75) is 19.8 Å². The van der Waals surface area contributed by atoms with Crippen LogP contribution in [0.15, 0.2) is 42.5 Å². The second-order valence-electron chi connectivity index (χ2n) is 5.36. The Hall–Kier alpha value is -2.49. The summed E-state index contributed by atoms with van der Waals surface area (Å²) in [6.07, 6.45) is 1.23. The Labute approximate surface area is 130 Å². The molecule has 0 unspecified atom stereocenters. The van der Waals surface area contributed by atoms with E-state index >= 15 is 0 Å². The van der Waals surface area contributed by atoms with Crippen LogP contribution in [0.25, 0.3) is 0 Å². The number of carbonyl (C=O) groups is 1. The van der Waals surface area contributed by atoms with Crippen molar-refractivity contribution in [2.24, 2.45) is 0 Å². The van der Waals surface area contributed by atoms with Gasteiger partial charge in [-0.25, -0.2) is 0 Å². The molecule has 0 spiro atoms. The second kappa shape index (κ2) is 6.52. The Kier molecular flexibility index (Phi) is 4.28. The molecule has 1 aliphatic heterocycles. The van der Waals surface area contributed by atoms with E-state index in [4.69, 9.17) is 9.47 Å². The lowest BCUT2D eigenvalue weighted by Gasteiger charge is -2.11. The summed E-state index contributed by atoms with van der Waals surface area (Å²) in [5.41, 5.74) is 2.88. The molecule has 0 radical (unpaired) electrons. The van der Waals surface area contributed by atoms with E-state index < -0.39 is 0 Å². The summed E-state index contributed by atoms with van der Waals surface area (Å²) in [5.74, 6) is 1.38. The quantitative estimate of drug-likeness (QED) is 0.945. The average molecular weight is 297 g/mol. The van der Waals surface area contributed by atoms with E-state index in [0.29, 0.717) is 25.4 Å². The van der Waals surface area contributed by atoms with Crippen LogP contribution in [-0.2, 0) is 11.2 Å². The first-order valence-corrected chi connectivity index (χ1v) is 7.46. The van der Waals surface area contributed by atoms with Crippen molar-refractivity contribution in [3.8, 4) is 11.5 Å². The van der Waals surface area contributed by atoms with Crippen molar-refractivity contribution >= 4 is 11.6 Å². The molecule has 1 amide bonds. The van der Waals surface area contributed by atoms with Gasteiger partial charge in [0.05, 0.1) is 19.6 Å². The number of anilines is 1. The van der Waals surface area contributed by atoms with Gasteiger partial charge in [-0.05, 0) is 30.2 Å². The number of hydrogen-bond acceptors (Lipinski definition) is 3. The monoisotopic (exact) mass is 297 g/mol. The molecule has 2 aromatic rings. The van der Waals surface area contributed by atoms with Crippen LogP contribution < -0.4 is 14.8 Å². The number of ether oxygens (including phenoxy) is 2. The highest BCUT2D eigenvalue weighted by atomic mass is 16.5. The summed E-state index contributed by atoms with van der Waals surface area (Å²) < 4.78 is 11.2. The van der Waals surface area contributed by atoms with Gasteiger partial charge in [0.1, 0.15) is 0 Å².